The molecule has 0 fully saturated rings. The van der Waals surface area contributed by atoms with Crippen LogP contribution in [0.3, 0.4) is 0 Å². The zero-order chi connectivity index (χ0) is 14.0. The predicted octanol–water partition coefficient (Wildman–Crippen LogP) is 4.10. The highest BCUT2D eigenvalue weighted by molar-refractivity contribution is 7.16. The molecule has 0 atom stereocenters. The largest absolute Gasteiger partial charge is 0.478 e. The molecule has 5 heteroatoms. The van der Waals surface area contributed by atoms with Gasteiger partial charge in [0.2, 0.25) is 0 Å². The molecule has 1 N–H and O–H groups in total. The summed E-state index contributed by atoms with van der Waals surface area (Å²) in [7, 11) is 0. The van der Waals surface area contributed by atoms with Crippen molar-refractivity contribution in [3.05, 3.63) is 52.4 Å². The molecule has 1 heterocycles. The lowest BCUT2D eigenvalue weighted by Gasteiger charge is -2.02. The Morgan fingerprint density at radius 2 is 2.00 bits per heavy atom. The molecule has 0 aliphatic rings. The Morgan fingerprint density at radius 1 is 1.26 bits per heavy atom. The van der Waals surface area contributed by atoms with Crippen molar-refractivity contribution >= 4 is 23.4 Å². The van der Waals surface area contributed by atoms with E-state index in [9.17, 15) is 13.6 Å². The number of thiophene rings is 1. The molecule has 1 aromatic heterocycles. The Labute approximate surface area is 112 Å². The van der Waals surface area contributed by atoms with Gasteiger partial charge in [-0.15, -0.1) is 11.3 Å². The maximum atomic E-state index is 13.8. The average molecular weight is 280 g/mol. The number of rotatable bonds is 3. The number of halogens is 2. The van der Waals surface area contributed by atoms with Gasteiger partial charge in [0, 0.05) is 21.4 Å². The third-order valence-corrected chi connectivity index (χ3v) is 3.61. The van der Waals surface area contributed by atoms with E-state index in [4.69, 9.17) is 5.11 Å². The SMILES string of the molecule is Cc1cc(F)c(-c2ccc(/C=C/C(=O)O)s2)cc1F. The number of aliphatic carboxylic acids is 1. The smallest absolute Gasteiger partial charge is 0.328 e. The second-order valence-corrected chi connectivity index (χ2v) is 5.07. The van der Waals surface area contributed by atoms with Crippen molar-refractivity contribution in [1.82, 2.24) is 0 Å². The molecule has 0 bridgehead atoms. The van der Waals surface area contributed by atoms with Crippen LogP contribution in [0.25, 0.3) is 16.5 Å². The number of aryl methyl sites for hydroxylation is 1. The van der Waals surface area contributed by atoms with Crippen LogP contribution in [-0.4, -0.2) is 11.1 Å². The first kappa shape index (κ1) is 13.4. The van der Waals surface area contributed by atoms with Crippen LogP contribution in [0.5, 0.6) is 0 Å². The molecular formula is C14H10F2O2S. The summed E-state index contributed by atoms with van der Waals surface area (Å²) in [5.41, 5.74) is 0.437. The van der Waals surface area contributed by atoms with Crippen LogP contribution in [0.15, 0.2) is 30.3 Å². The first-order chi connectivity index (χ1) is 8.97. The molecule has 0 radical (unpaired) electrons. The molecule has 2 aromatic rings. The van der Waals surface area contributed by atoms with E-state index in [-0.39, 0.29) is 11.1 Å². The van der Waals surface area contributed by atoms with Gasteiger partial charge in [-0.1, -0.05) is 0 Å². The number of carboxylic acids is 1. The Balaban J connectivity index is 2.38. The normalized spacial score (nSPS) is 11.1. The number of hydrogen-bond acceptors (Lipinski definition) is 2. The van der Waals surface area contributed by atoms with E-state index >= 15 is 0 Å². The summed E-state index contributed by atoms with van der Waals surface area (Å²) >= 11 is 1.20. The molecular weight excluding hydrogens is 270 g/mol. The number of hydrogen-bond donors (Lipinski definition) is 1. The Bertz CT molecular complexity index is 659. The maximum Gasteiger partial charge on any atom is 0.328 e. The molecule has 0 amide bonds. The molecule has 0 spiro atoms. The molecule has 1 aromatic carbocycles. The van der Waals surface area contributed by atoms with Gasteiger partial charge in [0.15, 0.2) is 0 Å². The van der Waals surface area contributed by atoms with Gasteiger partial charge in [0.1, 0.15) is 11.6 Å². The van der Waals surface area contributed by atoms with E-state index in [1.54, 1.807) is 12.1 Å². The minimum atomic E-state index is -1.05. The molecule has 2 rings (SSSR count). The minimum absolute atomic E-state index is 0.183. The Kier molecular flexibility index (Phi) is 3.76. The zero-order valence-corrected chi connectivity index (χ0v) is 10.8. The lowest BCUT2D eigenvalue weighted by molar-refractivity contribution is -0.131. The summed E-state index contributed by atoms with van der Waals surface area (Å²) in [5, 5.41) is 8.52. The molecule has 98 valence electrons. The van der Waals surface area contributed by atoms with Gasteiger partial charge in [-0.2, -0.15) is 0 Å². The van der Waals surface area contributed by atoms with Crippen LogP contribution in [0.4, 0.5) is 8.78 Å². The van der Waals surface area contributed by atoms with Crippen LogP contribution >= 0.6 is 11.3 Å². The van der Waals surface area contributed by atoms with Crippen molar-refractivity contribution in [2.75, 3.05) is 0 Å². The highest BCUT2D eigenvalue weighted by Crippen LogP contribution is 2.32. The maximum absolute atomic E-state index is 13.8. The van der Waals surface area contributed by atoms with Crippen molar-refractivity contribution in [2.45, 2.75) is 6.92 Å². The fourth-order valence-corrected chi connectivity index (χ4v) is 2.50. The van der Waals surface area contributed by atoms with E-state index in [1.165, 1.54) is 24.3 Å². The third-order valence-electron chi connectivity index (χ3n) is 2.53. The summed E-state index contributed by atoms with van der Waals surface area (Å²) < 4.78 is 27.2. The standard InChI is InChI=1S/C14H10F2O2S/c1-8-6-12(16)10(7-11(8)15)13-4-2-9(19-13)3-5-14(17)18/h2-7H,1H3,(H,17,18)/b5-3+. The molecule has 0 aliphatic heterocycles. The highest BCUT2D eigenvalue weighted by atomic mass is 32.1. The second kappa shape index (κ2) is 5.32. The monoisotopic (exact) mass is 280 g/mol. The quantitative estimate of drug-likeness (QED) is 0.859. The van der Waals surface area contributed by atoms with Crippen molar-refractivity contribution in [3.63, 3.8) is 0 Å². The number of carboxylic acid groups (broad SMARTS) is 1. The predicted molar refractivity (Wildman–Crippen MR) is 71.1 cm³/mol. The van der Waals surface area contributed by atoms with Crippen LogP contribution in [0, 0.1) is 18.6 Å². The molecule has 0 unspecified atom stereocenters. The van der Waals surface area contributed by atoms with Gasteiger partial charge in [-0.25, -0.2) is 13.6 Å². The summed E-state index contributed by atoms with van der Waals surface area (Å²) in [6.45, 7) is 1.50. The topological polar surface area (TPSA) is 37.3 Å². The summed E-state index contributed by atoms with van der Waals surface area (Å²) in [6, 6.07) is 5.61. The molecule has 0 aliphatic carbocycles. The van der Waals surface area contributed by atoms with Crippen molar-refractivity contribution in [3.8, 4) is 10.4 Å². The van der Waals surface area contributed by atoms with Gasteiger partial charge in [0.25, 0.3) is 0 Å². The van der Waals surface area contributed by atoms with Crippen LogP contribution in [0.1, 0.15) is 10.4 Å². The average Bonchev–Trinajstić information content (AvgIpc) is 2.80. The third kappa shape index (κ3) is 3.06. The summed E-state index contributed by atoms with van der Waals surface area (Å²) in [5.74, 6) is -2.01. The van der Waals surface area contributed by atoms with Gasteiger partial charge in [-0.05, 0) is 42.8 Å². The number of carbonyl (C=O) groups is 1. The van der Waals surface area contributed by atoms with E-state index in [2.05, 4.69) is 0 Å². The zero-order valence-electron chi connectivity index (χ0n) is 9.98. The van der Waals surface area contributed by atoms with Crippen molar-refractivity contribution in [1.29, 1.82) is 0 Å². The molecule has 2 nitrogen and oxygen atoms in total. The van der Waals surface area contributed by atoms with Gasteiger partial charge in [-0.3, -0.25) is 0 Å². The van der Waals surface area contributed by atoms with Gasteiger partial charge in [0.05, 0.1) is 0 Å². The first-order valence-corrected chi connectivity index (χ1v) is 6.26. The van der Waals surface area contributed by atoms with Crippen LogP contribution in [-0.2, 0) is 4.79 Å². The van der Waals surface area contributed by atoms with Crippen LogP contribution in [0.2, 0.25) is 0 Å². The van der Waals surface area contributed by atoms with E-state index in [0.717, 1.165) is 18.2 Å². The molecule has 19 heavy (non-hydrogen) atoms. The lowest BCUT2D eigenvalue weighted by atomic mass is 10.1. The second-order valence-electron chi connectivity index (χ2n) is 3.95. The number of benzene rings is 1. The highest BCUT2D eigenvalue weighted by Gasteiger charge is 2.11. The van der Waals surface area contributed by atoms with Crippen molar-refractivity contribution in [2.24, 2.45) is 0 Å². The van der Waals surface area contributed by atoms with E-state index in [1.807, 2.05) is 0 Å². The first-order valence-electron chi connectivity index (χ1n) is 5.44. The summed E-state index contributed by atoms with van der Waals surface area (Å²) in [4.78, 5) is 11.6. The van der Waals surface area contributed by atoms with E-state index < -0.39 is 17.6 Å². The molecule has 0 saturated carbocycles. The van der Waals surface area contributed by atoms with Gasteiger partial charge < -0.3 is 5.11 Å². The Morgan fingerprint density at radius 3 is 2.68 bits per heavy atom. The fraction of sp³-hybridized carbons (Fsp3) is 0.0714. The van der Waals surface area contributed by atoms with Crippen molar-refractivity contribution < 1.29 is 18.7 Å². The van der Waals surface area contributed by atoms with Crippen LogP contribution < -0.4 is 0 Å². The molecule has 0 saturated heterocycles. The minimum Gasteiger partial charge on any atom is -0.478 e. The lowest BCUT2D eigenvalue weighted by Crippen LogP contribution is -1.88. The summed E-state index contributed by atoms with van der Waals surface area (Å²) in [6.07, 6.45) is 2.42. The fourth-order valence-electron chi connectivity index (χ4n) is 1.58. The van der Waals surface area contributed by atoms with E-state index in [0.29, 0.717) is 9.75 Å². The Hall–Kier alpha value is -2.01. The van der Waals surface area contributed by atoms with Gasteiger partial charge >= 0.3 is 5.97 Å².